The Kier molecular flexibility index (Phi) is 2.92. The molecule has 4 nitrogen and oxygen atoms in total. The second-order valence-corrected chi connectivity index (χ2v) is 3.64. The van der Waals surface area contributed by atoms with Crippen molar-refractivity contribution in [2.45, 2.75) is 6.92 Å². The molecule has 82 valence electrons. The normalized spacial score (nSPS) is 10.1. The topological polar surface area (TPSA) is 55.2 Å². The Morgan fingerprint density at radius 2 is 2.06 bits per heavy atom. The van der Waals surface area contributed by atoms with Crippen molar-refractivity contribution in [3.63, 3.8) is 0 Å². The maximum absolute atomic E-state index is 9.62. The summed E-state index contributed by atoms with van der Waals surface area (Å²) in [6, 6.07) is 6.58. The Hall–Kier alpha value is -1.81. The molecular formula is C11H9ClN2O2. The maximum atomic E-state index is 9.62. The first-order chi connectivity index (χ1) is 7.65. The summed E-state index contributed by atoms with van der Waals surface area (Å²) in [6.45, 7) is 1.88. The minimum Gasteiger partial charge on any atom is -0.504 e. The number of aromatic nitrogens is 2. The molecule has 0 aliphatic heterocycles. The third kappa shape index (κ3) is 2.41. The number of nitrogens with zero attached hydrogens (tertiary/aromatic N) is 2. The van der Waals surface area contributed by atoms with E-state index in [0.717, 1.165) is 5.56 Å². The highest BCUT2D eigenvalue weighted by Gasteiger charge is 2.05. The third-order valence-electron chi connectivity index (χ3n) is 1.94. The van der Waals surface area contributed by atoms with Crippen LogP contribution in [0.4, 0.5) is 0 Å². The van der Waals surface area contributed by atoms with Crippen LogP contribution in [0.15, 0.2) is 30.6 Å². The third-order valence-corrected chi connectivity index (χ3v) is 2.14. The lowest BCUT2D eigenvalue weighted by Crippen LogP contribution is -1.89. The van der Waals surface area contributed by atoms with E-state index in [1.165, 1.54) is 12.4 Å². The van der Waals surface area contributed by atoms with Crippen molar-refractivity contribution in [1.82, 2.24) is 9.97 Å². The molecule has 1 aromatic carbocycles. The Balaban J connectivity index is 2.27. The van der Waals surface area contributed by atoms with E-state index in [4.69, 9.17) is 16.3 Å². The van der Waals surface area contributed by atoms with Crippen molar-refractivity contribution in [2.24, 2.45) is 0 Å². The first-order valence-corrected chi connectivity index (χ1v) is 4.98. The van der Waals surface area contributed by atoms with Gasteiger partial charge in [0.1, 0.15) is 11.5 Å². The highest BCUT2D eigenvalue weighted by atomic mass is 35.5. The molecule has 1 heterocycles. The summed E-state index contributed by atoms with van der Waals surface area (Å²) in [7, 11) is 0. The molecule has 1 aromatic heterocycles. The number of phenolic OH excluding ortho intramolecular Hbond substituents is 1. The van der Waals surface area contributed by atoms with E-state index >= 15 is 0 Å². The molecule has 0 radical (unpaired) electrons. The van der Waals surface area contributed by atoms with E-state index in [1.54, 1.807) is 12.1 Å². The molecule has 0 fully saturated rings. The van der Waals surface area contributed by atoms with E-state index in [9.17, 15) is 5.11 Å². The monoisotopic (exact) mass is 236 g/mol. The second kappa shape index (κ2) is 4.37. The van der Waals surface area contributed by atoms with Gasteiger partial charge in [-0.05, 0) is 24.6 Å². The van der Waals surface area contributed by atoms with Crippen LogP contribution in [-0.4, -0.2) is 15.1 Å². The fraction of sp³-hybridized carbons (Fsp3) is 0.0909. The number of halogens is 1. The molecule has 0 saturated carbocycles. The second-order valence-electron chi connectivity index (χ2n) is 3.25. The minimum atomic E-state index is 0.0646. The van der Waals surface area contributed by atoms with Gasteiger partial charge in [0, 0.05) is 6.07 Å². The molecule has 0 unspecified atom stereocenters. The van der Waals surface area contributed by atoms with Crippen LogP contribution in [0.1, 0.15) is 5.56 Å². The van der Waals surface area contributed by atoms with Crippen LogP contribution >= 0.6 is 11.6 Å². The summed E-state index contributed by atoms with van der Waals surface area (Å²) >= 11 is 5.68. The van der Waals surface area contributed by atoms with Gasteiger partial charge in [-0.3, -0.25) is 0 Å². The molecule has 0 bridgehead atoms. The number of phenols is 1. The van der Waals surface area contributed by atoms with Crippen molar-refractivity contribution in [3.8, 4) is 17.4 Å². The number of hydrogen-bond acceptors (Lipinski definition) is 4. The molecule has 5 heteroatoms. The first kappa shape index (κ1) is 10.7. The molecule has 0 atom stereocenters. The zero-order valence-electron chi connectivity index (χ0n) is 8.51. The summed E-state index contributed by atoms with van der Waals surface area (Å²) < 4.78 is 5.36. The summed E-state index contributed by atoms with van der Waals surface area (Å²) in [5.74, 6) is 0.689. The number of rotatable bonds is 2. The van der Waals surface area contributed by atoms with Crippen LogP contribution in [-0.2, 0) is 0 Å². The first-order valence-electron chi connectivity index (χ1n) is 4.60. The van der Waals surface area contributed by atoms with Gasteiger partial charge in [0.25, 0.3) is 0 Å². The lowest BCUT2D eigenvalue weighted by Gasteiger charge is -2.06. The Morgan fingerprint density at radius 3 is 2.75 bits per heavy atom. The van der Waals surface area contributed by atoms with E-state index in [1.807, 2.05) is 13.0 Å². The summed E-state index contributed by atoms with van der Waals surface area (Å²) in [5.41, 5.74) is 0.950. The van der Waals surface area contributed by atoms with Crippen LogP contribution < -0.4 is 4.74 Å². The average Bonchev–Trinajstić information content (AvgIpc) is 2.22. The molecule has 0 amide bonds. The van der Waals surface area contributed by atoms with E-state index in [2.05, 4.69) is 9.97 Å². The molecule has 16 heavy (non-hydrogen) atoms. The highest BCUT2D eigenvalue weighted by molar-refractivity contribution is 6.29. The average molecular weight is 237 g/mol. The molecule has 2 rings (SSSR count). The predicted octanol–water partition coefficient (Wildman–Crippen LogP) is 2.94. The molecule has 0 aliphatic carbocycles. The van der Waals surface area contributed by atoms with Crippen molar-refractivity contribution in [1.29, 1.82) is 0 Å². The zero-order valence-corrected chi connectivity index (χ0v) is 9.27. The molecule has 0 aliphatic rings. The largest absolute Gasteiger partial charge is 0.504 e. The molecule has 2 aromatic rings. The van der Waals surface area contributed by atoms with E-state index in [-0.39, 0.29) is 10.9 Å². The lowest BCUT2D eigenvalue weighted by molar-refractivity contribution is 0.402. The van der Waals surface area contributed by atoms with Crippen molar-refractivity contribution >= 4 is 11.6 Å². The van der Waals surface area contributed by atoms with Gasteiger partial charge in [-0.25, -0.2) is 9.97 Å². The Labute approximate surface area is 97.5 Å². The summed E-state index contributed by atoms with van der Waals surface area (Å²) in [6.07, 6.45) is 1.29. The van der Waals surface area contributed by atoms with Gasteiger partial charge in [-0.1, -0.05) is 17.7 Å². The Morgan fingerprint density at radius 1 is 1.25 bits per heavy atom. The molecule has 0 spiro atoms. The summed E-state index contributed by atoms with van der Waals surface area (Å²) in [5, 5.41) is 9.91. The number of hydrogen-bond donors (Lipinski definition) is 1. The summed E-state index contributed by atoms with van der Waals surface area (Å²) in [4.78, 5) is 7.60. The van der Waals surface area contributed by atoms with Gasteiger partial charge in [-0.15, -0.1) is 0 Å². The van der Waals surface area contributed by atoms with Crippen molar-refractivity contribution in [2.75, 3.05) is 0 Å². The lowest BCUT2D eigenvalue weighted by atomic mass is 10.2. The van der Waals surface area contributed by atoms with Crippen LogP contribution in [0, 0.1) is 6.92 Å². The number of benzene rings is 1. The highest BCUT2D eigenvalue weighted by Crippen LogP contribution is 2.30. The predicted molar refractivity (Wildman–Crippen MR) is 60.0 cm³/mol. The number of aryl methyl sites for hydroxylation is 1. The van der Waals surface area contributed by atoms with Gasteiger partial charge < -0.3 is 9.84 Å². The fourth-order valence-corrected chi connectivity index (χ4v) is 1.34. The standard InChI is InChI=1S/C11H9ClN2O2/c1-7-2-3-9(8(15)4-7)16-11-5-10(12)13-6-14-11/h2-6,15H,1H3. The van der Waals surface area contributed by atoms with Crippen molar-refractivity contribution in [3.05, 3.63) is 41.3 Å². The van der Waals surface area contributed by atoms with Crippen LogP contribution in [0.3, 0.4) is 0 Å². The Bertz CT molecular complexity index is 517. The van der Waals surface area contributed by atoms with Gasteiger partial charge in [0.15, 0.2) is 11.5 Å². The maximum Gasteiger partial charge on any atom is 0.223 e. The van der Waals surface area contributed by atoms with Gasteiger partial charge in [0.05, 0.1) is 0 Å². The number of aromatic hydroxyl groups is 1. The van der Waals surface area contributed by atoms with Crippen LogP contribution in [0.2, 0.25) is 5.15 Å². The van der Waals surface area contributed by atoms with Gasteiger partial charge in [0.2, 0.25) is 5.88 Å². The van der Waals surface area contributed by atoms with Gasteiger partial charge in [-0.2, -0.15) is 0 Å². The van der Waals surface area contributed by atoms with E-state index < -0.39 is 0 Å². The van der Waals surface area contributed by atoms with Crippen LogP contribution in [0.25, 0.3) is 0 Å². The van der Waals surface area contributed by atoms with Crippen molar-refractivity contribution < 1.29 is 9.84 Å². The van der Waals surface area contributed by atoms with Gasteiger partial charge >= 0.3 is 0 Å². The molecular weight excluding hydrogens is 228 g/mol. The smallest absolute Gasteiger partial charge is 0.223 e. The zero-order chi connectivity index (χ0) is 11.5. The fourth-order valence-electron chi connectivity index (χ4n) is 1.20. The quantitative estimate of drug-likeness (QED) is 0.815. The SMILES string of the molecule is Cc1ccc(Oc2cc(Cl)ncn2)c(O)c1. The molecule has 1 N–H and O–H groups in total. The minimum absolute atomic E-state index is 0.0646. The van der Waals surface area contributed by atoms with Crippen LogP contribution in [0.5, 0.6) is 17.4 Å². The molecule has 0 saturated heterocycles. The van der Waals surface area contributed by atoms with E-state index in [0.29, 0.717) is 11.6 Å². The number of ether oxygens (including phenoxy) is 1.